The molecule has 3 N–H and O–H groups in total. The van der Waals surface area contributed by atoms with Crippen molar-refractivity contribution in [1.82, 2.24) is 19.9 Å². The number of nitrogens with zero attached hydrogens (tertiary/aromatic N) is 3. The Morgan fingerprint density at radius 1 is 1.23 bits per heavy atom. The summed E-state index contributed by atoms with van der Waals surface area (Å²) in [6.45, 7) is 0.829. The molecular weight excluding hydrogens is 397 g/mol. The zero-order valence-electron chi connectivity index (χ0n) is 16.0. The molecule has 3 heterocycles. The maximum Gasteiger partial charge on any atom is 0.418 e. The van der Waals surface area contributed by atoms with Crippen LogP contribution in [0, 0.1) is 0 Å². The number of fused-ring (bicyclic) bond motifs is 1. The van der Waals surface area contributed by atoms with Crippen LogP contribution in [0.4, 0.5) is 24.7 Å². The molecule has 10 heteroatoms. The van der Waals surface area contributed by atoms with Crippen molar-refractivity contribution in [1.29, 1.82) is 0 Å². The van der Waals surface area contributed by atoms with Crippen LogP contribution >= 0.6 is 0 Å². The molecule has 30 heavy (non-hydrogen) atoms. The molecule has 2 aromatic heterocycles. The Balaban J connectivity index is 1.38. The van der Waals surface area contributed by atoms with E-state index in [1.807, 2.05) is 6.07 Å². The van der Waals surface area contributed by atoms with Crippen LogP contribution < -0.4 is 10.6 Å². The molecule has 0 spiro atoms. The Morgan fingerprint density at radius 3 is 2.90 bits per heavy atom. The average Bonchev–Trinajstić information content (AvgIpc) is 3.22. The maximum atomic E-state index is 13.1. The topological polar surface area (TPSA) is 85.9 Å². The van der Waals surface area contributed by atoms with Gasteiger partial charge in [0.05, 0.1) is 17.5 Å². The number of para-hydroxylation sites is 1. The summed E-state index contributed by atoms with van der Waals surface area (Å²) in [5, 5.41) is 6.88. The van der Waals surface area contributed by atoms with Gasteiger partial charge in [0.1, 0.15) is 17.8 Å². The summed E-state index contributed by atoms with van der Waals surface area (Å²) in [6, 6.07) is 7.03. The zero-order chi connectivity index (χ0) is 21.1. The van der Waals surface area contributed by atoms with Crippen molar-refractivity contribution in [2.75, 3.05) is 30.3 Å². The molecule has 0 bridgehead atoms. The van der Waals surface area contributed by atoms with Gasteiger partial charge in [0, 0.05) is 31.0 Å². The Kier molecular flexibility index (Phi) is 5.47. The van der Waals surface area contributed by atoms with E-state index in [9.17, 15) is 18.0 Å². The number of hydrogen-bond acceptors (Lipinski definition) is 5. The average molecular weight is 418 g/mol. The van der Waals surface area contributed by atoms with Crippen molar-refractivity contribution >= 4 is 28.4 Å². The van der Waals surface area contributed by atoms with Crippen molar-refractivity contribution in [2.45, 2.75) is 25.1 Å². The normalized spacial score (nSPS) is 17.2. The molecule has 7 nitrogen and oxygen atoms in total. The lowest BCUT2D eigenvalue weighted by Gasteiger charge is -2.33. The lowest BCUT2D eigenvalue weighted by atomic mass is 10.1. The molecule has 158 valence electrons. The number of carbonyl (C=O) groups excluding carboxylic acids is 1. The molecule has 0 radical (unpaired) electrons. The molecular formula is C20H21F3N6O. The van der Waals surface area contributed by atoms with Gasteiger partial charge in [-0.15, -0.1) is 0 Å². The number of halogens is 3. The second-order valence-electron chi connectivity index (χ2n) is 7.18. The highest BCUT2D eigenvalue weighted by Crippen LogP contribution is 2.34. The van der Waals surface area contributed by atoms with Crippen molar-refractivity contribution in [3.8, 4) is 0 Å². The number of piperidine rings is 1. The lowest BCUT2D eigenvalue weighted by molar-refractivity contribution is -0.137. The molecule has 0 unspecified atom stereocenters. The Bertz CT molecular complexity index is 1030. The molecule has 1 atom stereocenters. The molecule has 1 aliphatic heterocycles. The smallest absolute Gasteiger partial charge is 0.376 e. The van der Waals surface area contributed by atoms with Crippen LogP contribution in [0.5, 0.6) is 0 Å². The van der Waals surface area contributed by atoms with Crippen LogP contribution in [0.2, 0.25) is 0 Å². The Hall–Kier alpha value is -3.30. The van der Waals surface area contributed by atoms with Crippen LogP contribution in [0.1, 0.15) is 18.4 Å². The molecule has 0 aliphatic carbocycles. The van der Waals surface area contributed by atoms with E-state index < -0.39 is 11.7 Å². The molecule has 1 aromatic carbocycles. The van der Waals surface area contributed by atoms with Crippen molar-refractivity contribution in [2.24, 2.45) is 0 Å². The maximum absolute atomic E-state index is 13.1. The van der Waals surface area contributed by atoms with Crippen LogP contribution in [0.25, 0.3) is 11.0 Å². The van der Waals surface area contributed by atoms with Crippen LogP contribution in [0.15, 0.2) is 42.9 Å². The quantitative estimate of drug-likeness (QED) is 0.591. The van der Waals surface area contributed by atoms with Gasteiger partial charge in [-0.05, 0) is 31.0 Å². The van der Waals surface area contributed by atoms with E-state index in [0.29, 0.717) is 18.9 Å². The molecule has 1 saturated heterocycles. The van der Waals surface area contributed by atoms with E-state index >= 15 is 0 Å². The van der Waals surface area contributed by atoms with E-state index in [2.05, 4.69) is 25.6 Å². The number of aromatic nitrogens is 3. The van der Waals surface area contributed by atoms with Gasteiger partial charge >= 0.3 is 6.18 Å². The number of nitrogens with one attached hydrogen (secondary N) is 3. The van der Waals surface area contributed by atoms with E-state index in [0.717, 1.165) is 29.9 Å². The van der Waals surface area contributed by atoms with E-state index in [1.54, 1.807) is 11.1 Å². The molecule has 1 amide bonds. The van der Waals surface area contributed by atoms with Crippen LogP contribution in [-0.2, 0) is 11.0 Å². The summed E-state index contributed by atoms with van der Waals surface area (Å²) in [6.07, 6.45) is 0.433. The van der Waals surface area contributed by atoms with E-state index in [-0.39, 0.29) is 24.2 Å². The van der Waals surface area contributed by atoms with Crippen molar-refractivity contribution < 1.29 is 18.0 Å². The number of carbonyl (C=O) groups is 1. The standard InChI is InChI=1S/C20H21F3N6O/c21-20(22,23)15-5-1-2-6-16(15)25-10-17(30)29-9-3-4-13(11-29)28-19-14-7-8-24-18(14)26-12-27-19/h1-2,5-8,12-13,25H,3-4,9-11H2,(H2,24,26,27,28)/t13-/m0/s1. The number of H-pyrrole nitrogens is 1. The minimum Gasteiger partial charge on any atom is -0.376 e. The Morgan fingerprint density at radius 2 is 2.07 bits per heavy atom. The number of aromatic amines is 1. The van der Waals surface area contributed by atoms with Gasteiger partial charge in [0.15, 0.2) is 0 Å². The molecule has 1 aliphatic rings. The first kappa shape index (κ1) is 20.0. The van der Waals surface area contributed by atoms with Crippen LogP contribution in [-0.4, -0.2) is 51.4 Å². The van der Waals surface area contributed by atoms with Gasteiger partial charge in [0.2, 0.25) is 5.91 Å². The summed E-state index contributed by atoms with van der Waals surface area (Å²) in [7, 11) is 0. The number of alkyl halides is 3. The summed E-state index contributed by atoms with van der Waals surface area (Å²) >= 11 is 0. The summed E-state index contributed by atoms with van der Waals surface area (Å²) in [4.78, 5) is 25.8. The predicted molar refractivity (Wildman–Crippen MR) is 107 cm³/mol. The summed E-state index contributed by atoms with van der Waals surface area (Å²) < 4.78 is 39.4. The zero-order valence-corrected chi connectivity index (χ0v) is 16.0. The number of anilines is 2. The molecule has 0 saturated carbocycles. The molecule has 3 aromatic rings. The highest BCUT2D eigenvalue weighted by atomic mass is 19.4. The van der Waals surface area contributed by atoms with Gasteiger partial charge in [-0.25, -0.2) is 9.97 Å². The van der Waals surface area contributed by atoms with Crippen molar-refractivity contribution in [3.63, 3.8) is 0 Å². The van der Waals surface area contributed by atoms with E-state index in [4.69, 9.17) is 0 Å². The largest absolute Gasteiger partial charge is 0.418 e. The monoisotopic (exact) mass is 418 g/mol. The van der Waals surface area contributed by atoms with Crippen LogP contribution in [0.3, 0.4) is 0 Å². The number of likely N-dealkylation sites (tertiary alicyclic amines) is 1. The van der Waals surface area contributed by atoms with E-state index in [1.165, 1.54) is 24.5 Å². The highest BCUT2D eigenvalue weighted by Gasteiger charge is 2.33. The van der Waals surface area contributed by atoms with Gasteiger partial charge in [-0.2, -0.15) is 13.2 Å². The number of benzene rings is 1. The molecule has 1 fully saturated rings. The number of hydrogen-bond donors (Lipinski definition) is 3. The van der Waals surface area contributed by atoms with Gasteiger partial charge in [0.25, 0.3) is 0 Å². The second-order valence-corrected chi connectivity index (χ2v) is 7.18. The summed E-state index contributed by atoms with van der Waals surface area (Å²) in [5.41, 5.74) is -0.153. The van der Waals surface area contributed by atoms with Gasteiger partial charge < -0.3 is 20.5 Å². The number of amides is 1. The van der Waals surface area contributed by atoms with Gasteiger partial charge in [-0.3, -0.25) is 4.79 Å². The minimum absolute atomic E-state index is 0.00170. The minimum atomic E-state index is -4.48. The fourth-order valence-electron chi connectivity index (χ4n) is 3.67. The first-order valence-electron chi connectivity index (χ1n) is 9.64. The first-order valence-corrected chi connectivity index (χ1v) is 9.64. The predicted octanol–water partition coefficient (Wildman–Crippen LogP) is 3.49. The molecule has 4 rings (SSSR count). The highest BCUT2D eigenvalue weighted by molar-refractivity contribution is 5.87. The number of rotatable bonds is 5. The Labute approximate surface area is 170 Å². The lowest BCUT2D eigenvalue weighted by Crippen LogP contribution is -2.47. The third-order valence-corrected chi connectivity index (χ3v) is 5.13. The third kappa shape index (κ3) is 4.32. The SMILES string of the molecule is O=C(CNc1ccccc1C(F)(F)F)N1CCC[C@H](Nc2ncnc3[nH]ccc23)C1. The van der Waals surface area contributed by atoms with Gasteiger partial charge in [-0.1, -0.05) is 12.1 Å². The van der Waals surface area contributed by atoms with Crippen molar-refractivity contribution in [3.05, 3.63) is 48.4 Å². The second kappa shape index (κ2) is 8.21. The fourth-order valence-corrected chi connectivity index (χ4v) is 3.67. The first-order chi connectivity index (χ1) is 14.4. The fraction of sp³-hybridized carbons (Fsp3) is 0.350. The third-order valence-electron chi connectivity index (χ3n) is 5.13. The summed E-state index contributed by atoms with van der Waals surface area (Å²) in [5.74, 6) is 0.450.